The molecule has 0 aliphatic heterocycles. The Morgan fingerprint density at radius 1 is 1.15 bits per heavy atom. The van der Waals surface area contributed by atoms with Gasteiger partial charge in [0.2, 0.25) is 0 Å². The minimum atomic E-state index is -0.271. The number of benzene rings is 2. The third-order valence-electron chi connectivity index (χ3n) is 5.19. The molecular formula is C22H22N2O2. The van der Waals surface area contributed by atoms with E-state index in [1.54, 1.807) is 0 Å². The van der Waals surface area contributed by atoms with Crippen molar-refractivity contribution in [3.8, 4) is 0 Å². The highest BCUT2D eigenvalue weighted by Gasteiger charge is 2.36. The molecule has 0 radical (unpaired) electrons. The Morgan fingerprint density at radius 2 is 1.88 bits per heavy atom. The second kappa shape index (κ2) is 6.89. The van der Waals surface area contributed by atoms with Gasteiger partial charge in [0, 0.05) is 17.1 Å². The number of carbonyl (C=O) groups excluding carboxylic acids is 1. The Bertz CT molecular complexity index is 930. The van der Waals surface area contributed by atoms with Crippen LogP contribution in [0.25, 0.3) is 10.9 Å². The van der Waals surface area contributed by atoms with Crippen molar-refractivity contribution in [1.29, 1.82) is 0 Å². The van der Waals surface area contributed by atoms with Crippen LogP contribution in [0.2, 0.25) is 0 Å². The molecular weight excluding hydrogens is 324 g/mol. The van der Waals surface area contributed by atoms with Gasteiger partial charge in [0.25, 0.3) is 5.91 Å². The van der Waals surface area contributed by atoms with Gasteiger partial charge in [-0.1, -0.05) is 35.9 Å². The van der Waals surface area contributed by atoms with Gasteiger partial charge in [0.05, 0.1) is 17.7 Å². The maximum Gasteiger partial charge on any atom is 0.251 e. The smallest absolute Gasteiger partial charge is 0.251 e. The minimum absolute atomic E-state index is 0.0930. The van der Waals surface area contributed by atoms with Crippen molar-refractivity contribution in [2.45, 2.75) is 31.9 Å². The number of aliphatic hydroxyl groups excluding tert-OH is 1. The molecule has 0 bridgehead atoms. The van der Waals surface area contributed by atoms with Crippen molar-refractivity contribution >= 4 is 16.8 Å². The van der Waals surface area contributed by atoms with E-state index in [0.29, 0.717) is 18.4 Å². The lowest BCUT2D eigenvalue weighted by Gasteiger charge is -2.38. The van der Waals surface area contributed by atoms with E-state index >= 15 is 0 Å². The zero-order valence-electron chi connectivity index (χ0n) is 14.7. The highest BCUT2D eigenvalue weighted by Crippen LogP contribution is 2.38. The number of para-hydroxylation sites is 1. The number of aryl methyl sites for hydroxylation is 1. The van der Waals surface area contributed by atoms with Crippen LogP contribution in [-0.4, -0.2) is 22.1 Å². The summed E-state index contributed by atoms with van der Waals surface area (Å²) in [6, 6.07) is 17.5. The summed E-state index contributed by atoms with van der Waals surface area (Å²) in [6.07, 6.45) is 2.97. The first-order chi connectivity index (χ1) is 12.6. The van der Waals surface area contributed by atoms with Gasteiger partial charge in [0.1, 0.15) is 0 Å². The van der Waals surface area contributed by atoms with E-state index in [-0.39, 0.29) is 24.0 Å². The van der Waals surface area contributed by atoms with Gasteiger partial charge in [-0.15, -0.1) is 0 Å². The molecule has 4 nitrogen and oxygen atoms in total. The Balaban J connectivity index is 1.63. The van der Waals surface area contributed by atoms with E-state index in [9.17, 15) is 9.90 Å². The van der Waals surface area contributed by atoms with Gasteiger partial charge in [-0.2, -0.15) is 0 Å². The SMILES string of the molecule is Cc1ccc(C(=O)N[C@H](c2cnc3ccccc3c2)C2CC(O)C2)cc1. The van der Waals surface area contributed by atoms with Gasteiger partial charge in [0.15, 0.2) is 0 Å². The first-order valence-electron chi connectivity index (χ1n) is 9.00. The predicted octanol–water partition coefficient (Wildman–Crippen LogP) is 3.79. The number of nitrogens with one attached hydrogen (secondary N) is 1. The number of hydrogen-bond acceptors (Lipinski definition) is 3. The Hall–Kier alpha value is -2.72. The lowest BCUT2D eigenvalue weighted by atomic mass is 9.75. The van der Waals surface area contributed by atoms with Crippen LogP contribution < -0.4 is 5.32 Å². The fourth-order valence-corrected chi connectivity index (χ4v) is 3.56. The number of carbonyl (C=O) groups is 1. The van der Waals surface area contributed by atoms with Crippen molar-refractivity contribution in [3.63, 3.8) is 0 Å². The molecule has 1 heterocycles. The Kier molecular flexibility index (Phi) is 4.43. The van der Waals surface area contributed by atoms with Crippen molar-refractivity contribution < 1.29 is 9.90 Å². The number of pyridine rings is 1. The van der Waals surface area contributed by atoms with Crippen LogP contribution in [0.15, 0.2) is 60.8 Å². The fraction of sp³-hybridized carbons (Fsp3) is 0.273. The largest absolute Gasteiger partial charge is 0.393 e. The molecule has 1 aromatic heterocycles. The summed E-state index contributed by atoms with van der Waals surface area (Å²) in [5.41, 5.74) is 3.70. The molecule has 4 rings (SSSR count). The minimum Gasteiger partial charge on any atom is -0.393 e. The highest BCUT2D eigenvalue weighted by atomic mass is 16.3. The maximum atomic E-state index is 12.7. The van der Waals surface area contributed by atoms with Crippen LogP contribution >= 0.6 is 0 Å². The number of amides is 1. The standard InChI is InChI=1S/C22H22N2O2/c1-14-6-8-15(9-7-14)22(26)24-21(17-11-19(25)12-17)18-10-16-4-2-3-5-20(16)23-13-18/h2-10,13,17,19,21,25H,11-12H2,1H3,(H,24,26)/t17?,19?,21-/m0/s1. The van der Waals surface area contributed by atoms with Crippen molar-refractivity contribution in [2.75, 3.05) is 0 Å². The lowest BCUT2D eigenvalue weighted by molar-refractivity contribution is 0.0235. The third kappa shape index (κ3) is 3.33. The normalized spacial score (nSPS) is 20.4. The van der Waals surface area contributed by atoms with Gasteiger partial charge in [-0.3, -0.25) is 9.78 Å². The van der Waals surface area contributed by atoms with Crippen LogP contribution in [-0.2, 0) is 0 Å². The summed E-state index contributed by atoms with van der Waals surface area (Å²) in [5, 5.41) is 14.0. The molecule has 3 aromatic rings. The van der Waals surface area contributed by atoms with Gasteiger partial charge < -0.3 is 10.4 Å². The van der Waals surface area contributed by atoms with Gasteiger partial charge >= 0.3 is 0 Å². The number of aliphatic hydroxyl groups is 1. The van der Waals surface area contributed by atoms with E-state index in [1.165, 1.54) is 0 Å². The molecule has 26 heavy (non-hydrogen) atoms. The first kappa shape index (κ1) is 16.7. The summed E-state index contributed by atoms with van der Waals surface area (Å²) < 4.78 is 0. The summed E-state index contributed by atoms with van der Waals surface area (Å²) >= 11 is 0. The van der Waals surface area contributed by atoms with Crippen LogP contribution in [0, 0.1) is 12.8 Å². The van der Waals surface area contributed by atoms with Crippen LogP contribution in [0.5, 0.6) is 0 Å². The van der Waals surface area contributed by atoms with Crippen LogP contribution in [0.1, 0.15) is 40.4 Å². The van der Waals surface area contributed by atoms with Crippen molar-refractivity contribution in [1.82, 2.24) is 10.3 Å². The zero-order valence-corrected chi connectivity index (χ0v) is 14.7. The maximum absolute atomic E-state index is 12.7. The summed E-state index contributed by atoms with van der Waals surface area (Å²) in [5.74, 6) is 0.131. The predicted molar refractivity (Wildman–Crippen MR) is 102 cm³/mol. The van der Waals surface area contributed by atoms with E-state index < -0.39 is 0 Å². The lowest BCUT2D eigenvalue weighted by Crippen LogP contribution is -2.41. The second-order valence-corrected chi connectivity index (χ2v) is 7.16. The number of hydrogen-bond donors (Lipinski definition) is 2. The average Bonchev–Trinajstić information content (AvgIpc) is 2.64. The molecule has 0 spiro atoms. The van der Waals surface area contributed by atoms with Crippen molar-refractivity contribution in [2.24, 2.45) is 5.92 Å². The quantitative estimate of drug-likeness (QED) is 0.756. The van der Waals surface area contributed by atoms with E-state index in [4.69, 9.17) is 0 Å². The molecule has 1 atom stereocenters. The van der Waals surface area contributed by atoms with Crippen LogP contribution in [0.4, 0.5) is 0 Å². The van der Waals surface area contributed by atoms with Crippen molar-refractivity contribution in [3.05, 3.63) is 77.5 Å². The van der Waals surface area contributed by atoms with Gasteiger partial charge in [-0.25, -0.2) is 0 Å². The van der Waals surface area contributed by atoms with E-state index in [1.807, 2.05) is 61.7 Å². The second-order valence-electron chi connectivity index (χ2n) is 7.16. The number of aromatic nitrogens is 1. The average molecular weight is 346 g/mol. The topological polar surface area (TPSA) is 62.2 Å². The van der Waals surface area contributed by atoms with Crippen LogP contribution in [0.3, 0.4) is 0 Å². The summed E-state index contributed by atoms with van der Waals surface area (Å²) in [7, 11) is 0. The van der Waals surface area contributed by atoms with E-state index in [0.717, 1.165) is 22.0 Å². The Labute approximate surface area is 152 Å². The zero-order chi connectivity index (χ0) is 18.1. The molecule has 1 amide bonds. The molecule has 4 heteroatoms. The molecule has 0 saturated heterocycles. The fourth-order valence-electron chi connectivity index (χ4n) is 3.56. The molecule has 1 saturated carbocycles. The number of rotatable bonds is 4. The first-order valence-corrected chi connectivity index (χ1v) is 9.00. The third-order valence-corrected chi connectivity index (χ3v) is 5.19. The molecule has 1 aliphatic rings. The molecule has 0 unspecified atom stereocenters. The van der Waals surface area contributed by atoms with Gasteiger partial charge in [-0.05, 0) is 55.5 Å². The summed E-state index contributed by atoms with van der Waals surface area (Å²) in [6.45, 7) is 2.00. The molecule has 132 valence electrons. The molecule has 1 fully saturated rings. The summed E-state index contributed by atoms with van der Waals surface area (Å²) in [4.78, 5) is 17.3. The molecule has 2 aromatic carbocycles. The van der Waals surface area contributed by atoms with E-state index in [2.05, 4.69) is 16.4 Å². The molecule has 2 N–H and O–H groups in total. The monoisotopic (exact) mass is 346 g/mol. The molecule has 1 aliphatic carbocycles. The number of nitrogens with zero attached hydrogens (tertiary/aromatic N) is 1. The Morgan fingerprint density at radius 3 is 2.62 bits per heavy atom. The highest BCUT2D eigenvalue weighted by molar-refractivity contribution is 5.94. The number of fused-ring (bicyclic) bond motifs is 1.